The SMILES string of the molecule is CCCc1cc(C)[nH]c(=O)c1CNC(=O)c1cc(Cl)cc(NC(C)[C@H]2CC[C@H](N(C)C)CC2)c1C. The number of nitrogens with one attached hydrogen (secondary N) is 3. The highest BCUT2D eigenvalue weighted by Crippen LogP contribution is 2.32. The van der Waals surface area contributed by atoms with Crippen LogP contribution in [0, 0.1) is 19.8 Å². The Morgan fingerprint density at radius 3 is 2.49 bits per heavy atom. The van der Waals surface area contributed by atoms with E-state index in [1.807, 2.05) is 26.0 Å². The van der Waals surface area contributed by atoms with Crippen molar-refractivity contribution >= 4 is 23.2 Å². The normalized spacial score (nSPS) is 19.0. The molecule has 0 aliphatic heterocycles. The van der Waals surface area contributed by atoms with Crippen LogP contribution in [0.15, 0.2) is 23.0 Å². The fourth-order valence-electron chi connectivity index (χ4n) is 5.28. The lowest BCUT2D eigenvalue weighted by Gasteiger charge is -2.36. The Morgan fingerprint density at radius 2 is 1.86 bits per heavy atom. The van der Waals surface area contributed by atoms with Crippen molar-refractivity contribution in [3.63, 3.8) is 0 Å². The monoisotopic (exact) mass is 500 g/mol. The maximum atomic E-state index is 13.2. The number of hydrogen-bond donors (Lipinski definition) is 3. The van der Waals surface area contributed by atoms with E-state index in [1.54, 1.807) is 6.07 Å². The number of hydrogen-bond acceptors (Lipinski definition) is 4. The summed E-state index contributed by atoms with van der Waals surface area (Å²) in [5.74, 6) is 0.363. The number of rotatable bonds is 9. The van der Waals surface area contributed by atoms with E-state index in [-0.39, 0.29) is 24.1 Å². The summed E-state index contributed by atoms with van der Waals surface area (Å²) >= 11 is 6.43. The van der Waals surface area contributed by atoms with Gasteiger partial charge in [0.25, 0.3) is 11.5 Å². The molecule has 1 heterocycles. The first-order valence-electron chi connectivity index (χ1n) is 12.8. The molecule has 1 amide bonds. The van der Waals surface area contributed by atoms with E-state index in [4.69, 9.17) is 11.6 Å². The van der Waals surface area contributed by atoms with Gasteiger partial charge in [-0.15, -0.1) is 0 Å². The van der Waals surface area contributed by atoms with Gasteiger partial charge < -0.3 is 20.5 Å². The number of aromatic amines is 1. The highest BCUT2D eigenvalue weighted by molar-refractivity contribution is 6.31. The summed E-state index contributed by atoms with van der Waals surface area (Å²) in [5.41, 5.74) is 4.58. The van der Waals surface area contributed by atoms with Gasteiger partial charge in [-0.25, -0.2) is 0 Å². The zero-order chi connectivity index (χ0) is 25.7. The molecule has 1 aromatic carbocycles. The fourth-order valence-corrected chi connectivity index (χ4v) is 5.50. The van der Waals surface area contributed by atoms with Crippen LogP contribution in [-0.4, -0.2) is 42.0 Å². The van der Waals surface area contributed by atoms with Crippen molar-refractivity contribution in [2.75, 3.05) is 19.4 Å². The highest BCUT2D eigenvalue weighted by Gasteiger charge is 2.27. The largest absolute Gasteiger partial charge is 0.382 e. The van der Waals surface area contributed by atoms with Crippen LogP contribution in [0.3, 0.4) is 0 Å². The number of benzene rings is 1. The van der Waals surface area contributed by atoms with E-state index in [9.17, 15) is 9.59 Å². The van der Waals surface area contributed by atoms with E-state index in [2.05, 4.69) is 48.5 Å². The number of carbonyl (C=O) groups is 1. The van der Waals surface area contributed by atoms with Gasteiger partial charge in [0.15, 0.2) is 0 Å². The molecule has 0 radical (unpaired) electrons. The maximum Gasteiger partial charge on any atom is 0.253 e. The first-order valence-corrected chi connectivity index (χ1v) is 13.2. The van der Waals surface area contributed by atoms with Crippen LogP contribution in [0.25, 0.3) is 0 Å². The lowest BCUT2D eigenvalue weighted by atomic mass is 9.81. The number of carbonyl (C=O) groups excluding carboxylic acids is 1. The summed E-state index contributed by atoms with van der Waals surface area (Å²) in [6, 6.07) is 6.55. The van der Waals surface area contributed by atoms with Crippen molar-refractivity contribution in [2.45, 2.75) is 84.8 Å². The first-order chi connectivity index (χ1) is 16.6. The molecule has 35 heavy (non-hydrogen) atoms. The standard InChI is InChI=1S/C28H41ClN4O2/c1-7-8-21-13-17(2)31-28(35)25(21)16-30-27(34)24-14-22(29)15-26(18(24)3)32-19(4)20-9-11-23(12-10-20)33(5)6/h13-15,19-20,23,32H,7-12,16H2,1-6H3,(H,30,34)(H,31,35)/t19?,20-,23-. The fraction of sp³-hybridized carbons (Fsp3) is 0.571. The molecule has 3 rings (SSSR count). The molecule has 1 aliphatic rings. The van der Waals surface area contributed by atoms with Crippen molar-refractivity contribution in [1.82, 2.24) is 15.2 Å². The summed E-state index contributed by atoms with van der Waals surface area (Å²) in [4.78, 5) is 30.9. The summed E-state index contributed by atoms with van der Waals surface area (Å²) < 4.78 is 0. The molecule has 1 atom stereocenters. The van der Waals surface area contributed by atoms with Crippen LogP contribution in [0.4, 0.5) is 5.69 Å². The Hall–Kier alpha value is -2.31. The van der Waals surface area contributed by atoms with Crippen LogP contribution in [0.1, 0.15) is 78.7 Å². The topological polar surface area (TPSA) is 77.2 Å². The minimum Gasteiger partial charge on any atom is -0.382 e. The van der Waals surface area contributed by atoms with Gasteiger partial charge in [0.05, 0.1) is 0 Å². The van der Waals surface area contributed by atoms with Crippen LogP contribution < -0.4 is 16.2 Å². The Labute approximate surface area is 214 Å². The molecule has 7 heteroatoms. The van der Waals surface area contributed by atoms with Crippen molar-refractivity contribution in [3.8, 4) is 0 Å². The molecule has 0 saturated heterocycles. The third kappa shape index (κ3) is 6.89. The number of nitrogens with zero attached hydrogens (tertiary/aromatic N) is 1. The molecule has 6 nitrogen and oxygen atoms in total. The zero-order valence-corrected chi connectivity index (χ0v) is 22.8. The number of pyridine rings is 1. The van der Waals surface area contributed by atoms with Crippen LogP contribution in [0.5, 0.6) is 0 Å². The smallest absolute Gasteiger partial charge is 0.253 e. The highest BCUT2D eigenvalue weighted by atomic mass is 35.5. The van der Waals surface area contributed by atoms with Gasteiger partial charge in [0, 0.05) is 46.2 Å². The third-order valence-electron chi connectivity index (χ3n) is 7.49. The van der Waals surface area contributed by atoms with Crippen LogP contribution in [0.2, 0.25) is 5.02 Å². The molecule has 1 aromatic heterocycles. The van der Waals surface area contributed by atoms with Gasteiger partial charge >= 0.3 is 0 Å². The average Bonchev–Trinajstić information content (AvgIpc) is 2.80. The van der Waals surface area contributed by atoms with E-state index < -0.39 is 0 Å². The lowest BCUT2D eigenvalue weighted by Crippen LogP contribution is -2.36. The second kappa shape index (κ2) is 12.1. The maximum absolute atomic E-state index is 13.2. The second-order valence-corrected chi connectivity index (χ2v) is 10.7. The Morgan fingerprint density at radius 1 is 1.17 bits per heavy atom. The Kier molecular flexibility index (Phi) is 9.42. The number of amides is 1. The molecule has 3 N–H and O–H groups in total. The van der Waals surface area contributed by atoms with Gasteiger partial charge in [-0.05, 0) is 102 Å². The van der Waals surface area contributed by atoms with E-state index in [0.717, 1.165) is 35.3 Å². The van der Waals surface area contributed by atoms with Crippen molar-refractivity contribution in [2.24, 2.45) is 5.92 Å². The molecule has 1 aliphatic carbocycles. The van der Waals surface area contributed by atoms with Crippen LogP contribution in [-0.2, 0) is 13.0 Å². The summed E-state index contributed by atoms with van der Waals surface area (Å²) in [6.45, 7) is 8.31. The molecule has 0 bridgehead atoms. The molecule has 2 aromatic rings. The third-order valence-corrected chi connectivity index (χ3v) is 7.71. The van der Waals surface area contributed by atoms with Gasteiger partial charge in [-0.2, -0.15) is 0 Å². The molecule has 1 fully saturated rings. The number of H-pyrrole nitrogens is 1. The first kappa shape index (κ1) is 27.3. The minimum atomic E-state index is -0.227. The predicted octanol–water partition coefficient (Wildman–Crippen LogP) is 5.45. The van der Waals surface area contributed by atoms with E-state index in [1.165, 1.54) is 25.7 Å². The molecular weight excluding hydrogens is 460 g/mol. The molecular formula is C28H41ClN4O2. The average molecular weight is 501 g/mol. The van der Waals surface area contributed by atoms with Crippen molar-refractivity contribution in [1.29, 1.82) is 0 Å². The number of aromatic nitrogens is 1. The number of anilines is 1. The van der Waals surface area contributed by atoms with Gasteiger partial charge in [-0.3, -0.25) is 9.59 Å². The summed E-state index contributed by atoms with van der Waals surface area (Å²) in [5, 5.41) is 7.11. The van der Waals surface area contributed by atoms with Gasteiger partial charge in [0.1, 0.15) is 0 Å². The Bertz CT molecular complexity index is 1090. The lowest BCUT2D eigenvalue weighted by molar-refractivity contribution is 0.0950. The quantitative estimate of drug-likeness (QED) is 0.428. The van der Waals surface area contributed by atoms with E-state index >= 15 is 0 Å². The molecule has 0 spiro atoms. The zero-order valence-electron chi connectivity index (χ0n) is 22.1. The van der Waals surface area contributed by atoms with Gasteiger partial charge in [0.2, 0.25) is 0 Å². The van der Waals surface area contributed by atoms with Crippen molar-refractivity contribution < 1.29 is 4.79 Å². The summed E-state index contributed by atoms with van der Waals surface area (Å²) in [6.07, 6.45) is 6.54. The molecule has 1 saturated carbocycles. The van der Waals surface area contributed by atoms with Crippen LogP contribution >= 0.6 is 11.6 Å². The Balaban J connectivity index is 1.72. The van der Waals surface area contributed by atoms with E-state index in [0.29, 0.717) is 28.1 Å². The van der Waals surface area contributed by atoms with Crippen molar-refractivity contribution in [3.05, 3.63) is 61.5 Å². The second-order valence-electron chi connectivity index (χ2n) is 10.3. The molecule has 192 valence electrons. The minimum absolute atomic E-state index is 0.142. The number of halogens is 1. The predicted molar refractivity (Wildman–Crippen MR) is 146 cm³/mol. The summed E-state index contributed by atoms with van der Waals surface area (Å²) in [7, 11) is 4.32. The van der Waals surface area contributed by atoms with Gasteiger partial charge in [-0.1, -0.05) is 24.9 Å². The number of aryl methyl sites for hydroxylation is 2. The molecule has 1 unspecified atom stereocenters.